The van der Waals surface area contributed by atoms with Gasteiger partial charge in [0.05, 0.1) is 6.54 Å². The maximum atomic E-state index is 6.47. The smallest absolute Gasteiger partial charge is 0.250 e. The Hall–Kier alpha value is -2.12. The van der Waals surface area contributed by atoms with Crippen LogP contribution in [0.15, 0.2) is 35.1 Å². The first-order valence-corrected chi connectivity index (χ1v) is 11.7. The minimum absolute atomic E-state index is 0.0834. The van der Waals surface area contributed by atoms with Gasteiger partial charge in [-0.05, 0) is 41.9 Å². The molecule has 0 radical (unpaired) electrons. The van der Waals surface area contributed by atoms with Crippen LogP contribution in [0.2, 0.25) is 23.4 Å². The number of rotatable bonds is 5. The molecule has 26 heavy (non-hydrogen) atoms. The molecule has 1 aromatic carbocycles. The van der Waals surface area contributed by atoms with Crippen molar-refractivity contribution in [2.24, 2.45) is 0 Å². The van der Waals surface area contributed by atoms with E-state index in [2.05, 4.69) is 54.3 Å². The Balaban J connectivity index is 1.99. The van der Waals surface area contributed by atoms with Gasteiger partial charge in [0.25, 0.3) is 8.32 Å². The first kappa shape index (κ1) is 18.7. The summed E-state index contributed by atoms with van der Waals surface area (Å²) >= 11 is 6.18. The summed E-state index contributed by atoms with van der Waals surface area (Å²) in [6, 6.07) is 7.64. The third-order valence-electron chi connectivity index (χ3n) is 4.76. The van der Waals surface area contributed by atoms with Crippen LogP contribution in [0, 0.1) is 0 Å². The molecule has 0 amide bonds. The Kier molecular flexibility index (Phi) is 4.94. The third-order valence-corrected chi connectivity index (χ3v) is 9.27. The van der Waals surface area contributed by atoms with Gasteiger partial charge >= 0.3 is 0 Å². The van der Waals surface area contributed by atoms with Gasteiger partial charge in [-0.2, -0.15) is 0 Å². The van der Waals surface area contributed by atoms with Crippen LogP contribution in [0.5, 0.6) is 5.75 Å². The quantitative estimate of drug-likeness (QED) is 0.472. The molecule has 3 rings (SSSR count). The van der Waals surface area contributed by atoms with Gasteiger partial charge in [-0.3, -0.25) is 0 Å². The Morgan fingerprint density at radius 1 is 1.19 bits per heavy atom. The van der Waals surface area contributed by atoms with E-state index in [9.17, 15) is 0 Å². The van der Waals surface area contributed by atoms with E-state index >= 15 is 0 Å². The van der Waals surface area contributed by atoms with Crippen LogP contribution in [0.1, 0.15) is 26.5 Å². The minimum Gasteiger partial charge on any atom is -0.542 e. The first-order chi connectivity index (χ1) is 12.2. The molecule has 8 heteroatoms. The van der Waals surface area contributed by atoms with E-state index < -0.39 is 8.32 Å². The molecule has 0 saturated heterocycles. The van der Waals surface area contributed by atoms with Crippen LogP contribution in [-0.4, -0.2) is 23.4 Å². The lowest BCUT2D eigenvalue weighted by Gasteiger charge is -2.36. The molecule has 2 heterocycles. The number of hydrogen-bond acceptors (Lipinski definition) is 6. The first-order valence-electron chi connectivity index (χ1n) is 8.46. The zero-order chi connectivity index (χ0) is 18.9. The van der Waals surface area contributed by atoms with E-state index in [0.717, 1.165) is 16.8 Å². The van der Waals surface area contributed by atoms with Crippen molar-refractivity contribution in [3.8, 4) is 5.75 Å². The molecule has 138 valence electrons. The Bertz CT molecular complexity index is 907. The second-order valence-corrected chi connectivity index (χ2v) is 12.8. The Morgan fingerprint density at radius 2 is 1.96 bits per heavy atom. The summed E-state index contributed by atoms with van der Waals surface area (Å²) in [5.74, 6) is 1.38. The van der Waals surface area contributed by atoms with E-state index in [0.29, 0.717) is 17.9 Å². The SMILES string of the molecule is CC(C)(C)[Si](C)(C)Oc1cccc2c(NCc3ccon3)nc(Cl)nc12. The molecule has 6 nitrogen and oxygen atoms in total. The molecule has 0 aliphatic heterocycles. The standard InChI is InChI=1S/C18H23ClN4O2Si/c1-18(2,3)26(4,5)25-14-8-6-7-13-15(14)21-17(19)22-16(13)20-11-12-9-10-24-23-12/h6-10H,11H2,1-5H3,(H,20,21,22). The van der Waals surface area contributed by atoms with E-state index in [-0.39, 0.29) is 10.3 Å². The topological polar surface area (TPSA) is 73.1 Å². The van der Waals surface area contributed by atoms with Crippen LogP contribution in [0.3, 0.4) is 0 Å². The fourth-order valence-corrected chi connectivity index (χ4v) is 3.44. The summed E-state index contributed by atoms with van der Waals surface area (Å²) < 4.78 is 11.3. The molecule has 3 aromatic rings. The van der Waals surface area contributed by atoms with Gasteiger partial charge in [0.2, 0.25) is 5.28 Å². The van der Waals surface area contributed by atoms with Crippen molar-refractivity contribution in [2.45, 2.75) is 45.4 Å². The highest BCUT2D eigenvalue weighted by Crippen LogP contribution is 2.39. The minimum atomic E-state index is -2.01. The number of aromatic nitrogens is 3. The van der Waals surface area contributed by atoms with Crippen molar-refractivity contribution in [1.29, 1.82) is 0 Å². The van der Waals surface area contributed by atoms with Crippen LogP contribution < -0.4 is 9.74 Å². The number of nitrogens with zero attached hydrogens (tertiary/aromatic N) is 3. The van der Waals surface area contributed by atoms with Crippen molar-refractivity contribution < 1.29 is 8.95 Å². The second kappa shape index (κ2) is 6.89. The Morgan fingerprint density at radius 3 is 2.62 bits per heavy atom. The number of anilines is 1. The summed E-state index contributed by atoms with van der Waals surface area (Å²) in [5.41, 5.74) is 1.49. The van der Waals surface area contributed by atoms with Crippen molar-refractivity contribution in [3.63, 3.8) is 0 Å². The zero-order valence-electron chi connectivity index (χ0n) is 15.6. The number of fused-ring (bicyclic) bond motifs is 1. The van der Waals surface area contributed by atoms with Crippen LogP contribution in [0.25, 0.3) is 10.9 Å². The molecule has 0 unspecified atom stereocenters. The fraction of sp³-hybridized carbons (Fsp3) is 0.389. The molecule has 2 aromatic heterocycles. The van der Waals surface area contributed by atoms with Gasteiger partial charge < -0.3 is 14.3 Å². The summed E-state index contributed by atoms with van der Waals surface area (Å²) in [5, 5.41) is 8.25. The van der Waals surface area contributed by atoms with Gasteiger partial charge in [-0.15, -0.1) is 0 Å². The molecule has 0 bridgehead atoms. The molecule has 1 N–H and O–H groups in total. The average Bonchev–Trinajstić information content (AvgIpc) is 3.05. The lowest BCUT2D eigenvalue weighted by Crippen LogP contribution is -2.43. The normalized spacial score (nSPS) is 12.4. The van der Waals surface area contributed by atoms with Crippen molar-refractivity contribution >= 4 is 36.6 Å². The van der Waals surface area contributed by atoms with E-state index in [1.54, 1.807) is 6.07 Å². The number of hydrogen-bond donors (Lipinski definition) is 1. The van der Waals surface area contributed by atoms with Crippen LogP contribution >= 0.6 is 11.6 Å². The number of para-hydroxylation sites is 1. The predicted molar refractivity (Wildman–Crippen MR) is 106 cm³/mol. The van der Waals surface area contributed by atoms with Gasteiger partial charge in [0.1, 0.15) is 29.0 Å². The van der Waals surface area contributed by atoms with E-state index in [4.69, 9.17) is 20.6 Å². The zero-order valence-corrected chi connectivity index (χ0v) is 17.4. The van der Waals surface area contributed by atoms with Crippen LogP contribution in [-0.2, 0) is 6.54 Å². The molecule has 0 atom stereocenters. The molecule has 0 saturated carbocycles. The third kappa shape index (κ3) is 3.83. The number of benzene rings is 1. The number of nitrogens with one attached hydrogen (secondary N) is 1. The van der Waals surface area contributed by atoms with E-state index in [1.807, 2.05) is 18.2 Å². The molecule has 0 aliphatic rings. The largest absolute Gasteiger partial charge is 0.542 e. The molecule has 0 aliphatic carbocycles. The van der Waals surface area contributed by atoms with Crippen molar-refractivity contribution in [3.05, 3.63) is 41.5 Å². The summed E-state index contributed by atoms with van der Waals surface area (Å²) in [6.45, 7) is 11.5. The van der Waals surface area contributed by atoms with Crippen LogP contribution in [0.4, 0.5) is 5.82 Å². The highest BCUT2D eigenvalue weighted by atomic mass is 35.5. The molecular weight excluding hydrogens is 368 g/mol. The van der Waals surface area contributed by atoms with Gasteiger partial charge in [-0.25, -0.2) is 9.97 Å². The number of halogens is 1. The lowest BCUT2D eigenvalue weighted by molar-refractivity contribution is 0.412. The van der Waals surface area contributed by atoms with E-state index in [1.165, 1.54) is 6.26 Å². The highest BCUT2D eigenvalue weighted by molar-refractivity contribution is 6.74. The molecule has 0 spiro atoms. The fourth-order valence-electron chi connectivity index (χ4n) is 2.25. The Labute approximate surface area is 159 Å². The summed E-state index contributed by atoms with van der Waals surface area (Å²) in [7, 11) is -2.01. The maximum Gasteiger partial charge on any atom is 0.250 e. The summed E-state index contributed by atoms with van der Waals surface area (Å²) in [6.07, 6.45) is 1.53. The van der Waals surface area contributed by atoms with Gasteiger partial charge in [0, 0.05) is 11.5 Å². The van der Waals surface area contributed by atoms with Gasteiger partial charge in [-0.1, -0.05) is 32.0 Å². The molecular formula is C18H23ClN4O2Si. The second-order valence-electron chi connectivity index (χ2n) is 7.70. The van der Waals surface area contributed by atoms with Crippen molar-refractivity contribution in [2.75, 3.05) is 5.32 Å². The summed E-state index contributed by atoms with van der Waals surface area (Å²) in [4.78, 5) is 8.75. The molecule has 0 fully saturated rings. The highest BCUT2D eigenvalue weighted by Gasteiger charge is 2.39. The predicted octanol–water partition coefficient (Wildman–Crippen LogP) is 5.27. The monoisotopic (exact) mass is 390 g/mol. The maximum absolute atomic E-state index is 6.47. The van der Waals surface area contributed by atoms with Gasteiger partial charge in [0.15, 0.2) is 0 Å². The lowest BCUT2D eigenvalue weighted by atomic mass is 10.2. The average molecular weight is 391 g/mol. The van der Waals surface area contributed by atoms with Crippen molar-refractivity contribution in [1.82, 2.24) is 15.1 Å².